The number of rotatable bonds is 2. The minimum Gasteiger partial charge on any atom is -0.398 e. The number of anilines is 2. The Labute approximate surface area is 109 Å². The van der Waals surface area contributed by atoms with Gasteiger partial charge in [-0.3, -0.25) is 9.35 Å². The average Bonchev–Trinajstić information content (AvgIpc) is 2.55. The van der Waals surface area contributed by atoms with Gasteiger partial charge < -0.3 is 10.6 Å². The molecule has 0 spiro atoms. The van der Waals surface area contributed by atoms with E-state index in [1.165, 1.54) is 17.0 Å². The van der Waals surface area contributed by atoms with Crippen LogP contribution in [0.3, 0.4) is 0 Å². The fourth-order valence-electron chi connectivity index (χ4n) is 1.85. The molecule has 1 unspecified atom stereocenters. The molecular weight excluding hydrogens is 280 g/mol. The summed E-state index contributed by atoms with van der Waals surface area (Å²) >= 11 is 5.87. The molecule has 18 heavy (non-hydrogen) atoms. The molecule has 1 aliphatic rings. The van der Waals surface area contributed by atoms with E-state index in [4.69, 9.17) is 21.9 Å². The van der Waals surface area contributed by atoms with E-state index in [1.807, 2.05) is 0 Å². The van der Waals surface area contributed by atoms with E-state index in [-0.39, 0.29) is 28.3 Å². The van der Waals surface area contributed by atoms with Gasteiger partial charge in [-0.1, -0.05) is 0 Å². The van der Waals surface area contributed by atoms with Crippen LogP contribution in [-0.4, -0.2) is 30.8 Å². The zero-order valence-electron chi connectivity index (χ0n) is 9.21. The summed E-state index contributed by atoms with van der Waals surface area (Å²) in [5, 5.41) is -0.264. The molecule has 0 bridgehead atoms. The minimum absolute atomic E-state index is 0.110. The lowest BCUT2D eigenvalue weighted by Gasteiger charge is -2.17. The first kappa shape index (κ1) is 13.1. The molecule has 3 N–H and O–H groups in total. The molecule has 1 amide bonds. The van der Waals surface area contributed by atoms with Gasteiger partial charge in [0.2, 0.25) is 5.91 Å². The van der Waals surface area contributed by atoms with Gasteiger partial charge in [0.05, 0.1) is 11.1 Å². The summed E-state index contributed by atoms with van der Waals surface area (Å²) in [5.74, 6) is -0.144. The zero-order valence-corrected chi connectivity index (χ0v) is 10.8. The lowest BCUT2D eigenvalue weighted by atomic mass is 10.2. The molecule has 0 radical (unpaired) electrons. The van der Waals surface area contributed by atoms with Crippen molar-refractivity contribution >= 4 is 39.0 Å². The van der Waals surface area contributed by atoms with Gasteiger partial charge in [-0.05, 0) is 18.2 Å². The lowest BCUT2D eigenvalue weighted by molar-refractivity contribution is -0.117. The van der Waals surface area contributed by atoms with Crippen molar-refractivity contribution in [2.45, 2.75) is 16.7 Å². The highest BCUT2D eigenvalue weighted by molar-refractivity contribution is 7.86. The summed E-state index contributed by atoms with van der Waals surface area (Å²) in [5.41, 5.74) is 5.90. The molecule has 0 aromatic heterocycles. The van der Waals surface area contributed by atoms with Crippen LogP contribution in [0.2, 0.25) is 0 Å². The number of alkyl halides is 1. The smallest absolute Gasteiger partial charge is 0.296 e. The first-order chi connectivity index (χ1) is 8.29. The van der Waals surface area contributed by atoms with Gasteiger partial charge in [-0.25, -0.2) is 0 Å². The first-order valence-electron chi connectivity index (χ1n) is 5.10. The van der Waals surface area contributed by atoms with Gasteiger partial charge in [0.15, 0.2) is 0 Å². The number of carbonyl (C=O) groups is 1. The molecule has 6 nitrogen and oxygen atoms in total. The van der Waals surface area contributed by atoms with Crippen molar-refractivity contribution < 1.29 is 17.8 Å². The highest BCUT2D eigenvalue weighted by atomic mass is 35.5. The van der Waals surface area contributed by atoms with Crippen LogP contribution in [0.4, 0.5) is 11.4 Å². The van der Waals surface area contributed by atoms with Gasteiger partial charge >= 0.3 is 0 Å². The van der Waals surface area contributed by atoms with Crippen LogP contribution < -0.4 is 10.6 Å². The Kier molecular flexibility index (Phi) is 3.22. The van der Waals surface area contributed by atoms with Gasteiger partial charge in [-0.15, -0.1) is 11.6 Å². The Morgan fingerprint density at radius 3 is 2.56 bits per heavy atom. The van der Waals surface area contributed by atoms with E-state index >= 15 is 0 Å². The second kappa shape index (κ2) is 4.42. The third-order valence-electron chi connectivity index (χ3n) is 2.66. The number of hydrogen-bond acceptors (Lipinski definition) is 4. The molecule has 0 aliphatic carbocycles. The molecule has 1 saturated heterocycles. The maximum Gasteiger partial charge on any atom is 0.296 e. The number of nitrogen functional groups attached to an aromatic ring is 1. The van der Waals surface area contributed by atoms with Crippen molar-refractivity contribution in [1.82, 2.24) is 0 Å². The largest absolute Gasteiger partial charge is 0.398 e. The molecule has 1 atom stereocenters. The number of halogens is 1. The molecule has 1 heterocycles. The topological polar surface area (TPSA) is 101 Å². The molecule has 1 aromatic rings. The number of carbonyl (C=O) groups excluding carboxylic acids is 1. The van der Waals surface area contributed by atoms with Gasteiger partial charge in [-0.2, -0.15) is 8.42 Å². The van der Waals surface area contributed by atoms with Gasteiger partial charge in [0.25, 0.3) is 10.1 Å². The summed E-state index contributed by atoms with van der Waals surface area (Å²) in [6, 6.07) is 3.90. The maximum atomic E-state index is 11.6. The summed E-state index contributed by atoms with van der Waals surface area (Å²) in [4.78, 5) is 12.7. The third kappa shape index (κ3) is 2.43. The Morgan fingerprint density at radius 1 is 1.44 bits per heavy atom. The SMILES string of the molecule is Nc1cc(N2CC(Cl)CC2=O)ccc1S(=O)(=O)O. The quantitative estimate of drug-likeness (QED) is 0.478. The predicted octanol–water partition coefficient (Wildman–Crippen LogP) is 0.860. The highest BCUT2D eigenvalue weighted by Crippen LogP contribution is 2.28. The summed E-state index contributed by atoms with van der Waals surface area (Å²) in [7, 11) is -4.35. The van der Waals surface area contributed by atoms with E-state index in [1.54, 1.807) is 0 Å². The molecule has 0 saturated carbocycles. The molecule has 1 aliphatic heterocycles. The van der Waals surface area contributed by atoms with Crippen LogP contribution in [0.5, 0.6) is 0 Å². The molecule has 1 aromatic carbocycles. The van der Waals surface area contributed by atoms with Crippen LogP contribution in [-0.2, 0) is 14.9 Å². The molecular formula is C10H11ClN2O4S. The Bertz CT molecular complexity index is 602. The van der Waals surface area contributed by atoms with Crippen LogP contribution >= 0.6 is 11.6 Å². The second-order valence-electron chi connectivity index (χ2n) is 4.00. The summed E-state index contributed by atoms with van der Waals surface area (Å²) in [6.45, 7) is 0.352. The van der Waals surface area contributed by atoms with E-state index in [9.17, 15) is 13.2 Å². The van der Waals surface area contributed by atoms with Crippen molar-refractivity contribution in [2.24, 2.45) is 0 Å². The Morgan fingerprint density at radius 2 is 2.11 bits per heavy atom. The van der Waals surface area contributed by atoms with Crippen LogP contribution in [0, 0.1) is 0 Å². The minimum atomic E-state index is -4.35. The highest BCUT2D eigenvalue weighted by Gasteiger charge is 2.29. The number of benzene rings is 1. The molecule has 1 fully saturated rings. The monoisotopic (exact) mass is 290 g/mol. The molecule has 2 rings (SSSR count). The van der Waals surface area contributed by atoms with E-state index in [2.05, 4.69) is 0 Å². The van der Waals surface area contributed by atoms with Gasteiger partial charge in [0, 0.05) is 18.7 Å². The molecule has 8 heteroatoms. The first-order valence-corrected chi connectivity index (χ1v) is 6.98. The van der Waals surface area contributed by atoms with Crippen LogP contribution in [0.15, 0.2) is 23.1 Å². The van der Waals surface area contributed by atoms with Gasteiger partial charge in [0.1, 0.15) is 4.90 Å². The fourth-order valence-corrected chi connectivity index (χ4v) is 2.72. The standard InChI is InChI=1S/C10H11ClN2O4S/c11-6-3-10(14)13(5-6)7-1-2-9(8(12)4-7)18(15,16)17/h1-2,4,6H,3,5,12H2,(H,15,16,17). The summed E-state index contributed by atoms with van der Waals surface area (Å²) in [6.07, 6.45) is 0.238. The van der Waals surface area contributed by atoms with Crippen molar-refractivity contribution in [2.75, 3.05) is 17.2 Å². The maximum absolute atomic E-state index is 11.6. The lowest BCUT2D eigenvalue weighted by Crippen LogP contribution is -2.24. The normalized spacial score (nSPS) is 20.4. The number of nitrogens with two attached hydrogens (primary N) is 1. The average molecular weight is 291 g/mol. The van der Waals surface area contributed by atoms with Crippen molar-refractivity contribution in [3.63, 3.8) is 0 Å². The van der Waals surface area contributed by atoms with E-state index < -0.39 is 10.1 Å². The van der Waals surface area contributed by atoms with Crippen molar-refractivity contribution in [1.29, 1.82) is 0 Å². The summed E-state index contributed by atoms with van der Waals surface area (Å²) < 4.78 is 30.9. The second-order valence-corrected chi connectivity index (χ2v) is 6.01. The van der Waals surface area contributed by atoms with Crippen molar-refractivity contribution in [3.05, 3.63) is 18.2 Å². The number of hydrogen-bond donors (Lipinski definition) is 2. The number of nitrogens with zero attached hydrogens (tertiary/aromatic N) is 1. The third-order valence-corrected chi connectivity index (χ3v) is 3.88. The molecule has 98 valence electrons. The van der Waals surface area contributed by atoms with Crippen LogP contribution in [0.1, 0.15) is 6.42 Å². The predicted molar refractivity (Wildman–Crippen MR) is 67.3 cm³/mol. The zero-order chi connectivity index (χ0) is 13.5. The fraction of sp³-hybridized carbons (Fsp3) is 0.300. The Hall–Kier alpha value is -1.31. The van der Waals surface area contributed by atoms with E-state index in [0.717, 1.165) is 6.07 Å². The van der Waals surface area contributed by atoms with Crippen molar-refractivity contribution in [3.8, 4) is 0 Å². The van der Waals surface area contributed by atoms with Crippen LogP contribution in [0.25, 0.3) is 0 Å². The van der Waals surface area contributed by atoms with E-state index in [0.29, 0.717) is 12.2 Å². The number of amides is 1. The Balaban J connectivity index is 2.38.